The molecule has 1 aromatic heterocycles. The number of nitrogens with one attached hydrogen (secondary N) is 1. The minimum atomic E-state index is -0.400. The highest BCUT2D eigenvalue weighted by Crippen LogP contribution is 2.40. The van der Waals surface area contributed by atoms with Crippen LogP contribution in [0.5, 0.6) is 0 Å². The van der Waals surface area contributed by atoms with Crippen LogP contribution < -0.4 is 5.32 Å². The number of fused-ring (bicyclic) bond motifs is 1. The zero-order chi connectivity index (χ0) is 17.3. The van der Waals surface area contributed by atoms with Gasteiger partial charge in [0.05, 0.1) is 12.7 Å². The lowest BCUT2D eigenvalue weighted by Crippen LogP contribution is -2.16. The van der Waals surface area contributed by atoms with E-state index in [2.05, 4.69) is 12.2 Å². The van der Waals surface area contributed by atoms with E-state index in [4.69, 9.17) is 16.3 Å². The van der Waals surface area contributed by atoms with Crippen molar-refractivity contribution in [1.82, 2.24) is 0 Å². The number of amides is 1. The standard InChI is InChI=1S/C18H18ClNO3S/c1-10-6-7-13-14(8-10)24-17(15(13)18(22)23-2)20-16(21)11-4-3-5-12(19)9-11/h3-5,9-10H,6-8H2,1-2H3,(H,20,21)/t10-/m1/s1. The Kier molecular flexibility index (Phi) is 4.92. The smallest absolute Gasteiger partial charge is 0.341 e. The number of ether oxygens (including phenoxy) is 1. The Morgan fingerprint density at radius 3 is 2.88 bits per heavy atom. The summed E-state index contributed by atoms with van der Waals surface area (Å²) in [7, 11) is 1.36. The summed E-state index contributed by atoms with van der Waals surface area (Å²) in [4.78, 5) is 25.9. The summed E-state index contributed by atoms with van der Waals surface area (Å²) in [5.74, 6) is -0.101. The van der Waals surface area contributed by atoms with Gasteiger partial charge in [-0.05, 0) is 48.9 Å². The van der Waals surface area contributed by atoms with E-state index >= 15 is 0 Å². The SMILES string of the molecule is COC(=O)c1c(NC(=O)c2cccc(Cl)c2)sc2c1CC[C@@H](C)C2. The van der Waals surface area contributed by atoms with Gasteiger partial charge >= 0.3 is 5.97 Å². The van der Waals surface area contributed by atoms with Crippen molar-refractivity contribution in [1.29, 1.82) is 0 Å². The number of thiophene rings is 1. The number of halogens is 1. The van der Waals surface area contributed by atoms with E-state index in [1.807, 2.05) is 0 Å². The second-order valence-corrected chi connectivity index (χ2v) is 7.55. The lowest BCUT2D eigenvalue weighted by Gasteiger charge is -2.18. The van der Waals surface area contributed by atoms with Crippen LogP contribution in [0.15, 0.2) is 24.3 Å². The fourth-order valence-corrected chi connectivity index (χ4v) is 4.55. The minimum Gasteiger partial charge on any atom is -0.465 e. The number of carbonyl (C=O) groups is 2. The number of anilines is 1. The molecule has 0 bridgehead atoms. The molecule has 6 heteroatoms. The Morgan fingerprint density at radius 2 is 2.17 bits per heavy atom. The Hall–Kier alpha value is -1.85. The molecule has 1 amide bonds. The fourth-order valence-electron chi connectivity index (χ4n) is 2.96. The molecular weight excluding hydrogens is 346 g/mol. The van der Waals surface area contributed by atoms with E-state index in [-0.39, 0.29) is 5.91 Å². The zero-order valence-electron chi connectivity index (χ0n) is 13.5. The van der Waals surface area contributed by atoms with E-state index in [1.165, 1.54) is 18.4 Å². The third-order valence-corrected chi connectivity index (χ3v) is 5.62. The highest BCUT2D eigenvalue weighted by Gasteiger charge is 2.29. The third kappa shape index (κ3) is 3.32. The van der Waals surface area contributed by atoms with E-state index in [0.29, 0.717) is 27.1 Å². The first-order valence-electron chi connectivity index (χ1n) is 7.79. The molecule has 0 aliphatic heterocycles. The topological polar surface area (TPSA) is 55.4 Å². The summed E-state index contributed by atoms with van der Waals surface area (Å²) in [6.07, 6.45) is 2.80. The lowest BCUT2D eigenvalue weighted by molar-refractivity contribution is 0.0601. The van der Waals surface area contributed by atoms with Gasteiger partial charge < -0.3 is 10.1 Å². The summed E-state index contributed by atoms with van der Waals surface area (Å²) in [5.41, 5.74) is 1.98. The molecule has 0 fully saturated rings. The maximum absolute atomic E-state index is 12.5. The maximum Gasteiger partial charge on any atom is 0.341 e. The van der Waals surface area contributed by atoms with Crippen LogP contribution in [0.4, 0.5) is 5.00 Å². The average molecular weight is 364 g/mol. The van der Waals surface area contributed by atoms with Crippen LogP contribution in [-0.4, -0.2) is 19.0 Å². The van der Waals surface area contributed by atoms with Crippen LogP contribution in [0.25, 0.3) is 0 Å². The third-order valence-electron chi connectivity index (χ3n) is 4.22. The highest BCUT2D eigenvalue weighted by atomic mass is 35.5. The number of methoxy groups -OCH3 is 1. The molecule has 0 spiro atoms. The van der Waals surface area contributed by atoms with Gasteiger partial charge in [0.1, 0.15) is 5.00 Å². The van der Waals surface area contributed by atoms with E-state index in [0.717, 1.165) is 29.7 Å². The zero-order valence-corrected chi connectivity index (χ0v) is 15.1. The predicted octanol–water partition coefficient (Wildman–Crippen LogP) is 4.57. The Balaban J connectivity index is 1.95. The number of hydrogen-bond acceptors (Lipinski definition) is 4. The van der Waals surface area contributed by atoms with Crippen LogP contribution in [0, 0.1) is 5.92 Å². The molecule has 1 aliphatic rings. The van der Waals surface area contributed by atoms with Crippen LogP contribution in [-0.2, 0) is 17.6 Å². The first-order valence-corrected chi connectivity index (χ1v) is 8.98. The van der Waals surface area contributed by atoms with Crippen LogP contribution in [0.3, 0.4) is 0 Å². The normalized spacial score (nSPS) is 16.4. The lowest BCUT2D eigenvalue weighted by atomic mass is 9.88. The van der Waals surface area contributed by atoms with Gasteiger partial charge in [0, 0.05) is 15.5 Å². The van der Waals surface area contributed by atoms with Gasteiger partial charge in [0.15, 0.2) is 0 Å². The van der Waals surface area contributed by atoms with Gasteiger partial charge in [-0.15, -0.1) is 11.3 Å². The number of carbonyl (C=O) groups excluding carboxylic acids is 2. The van der Waals surface area contributed by atoms with E-state index in [9.17, 15) is 9.59 Å². The molecule has 0 saturated heterocycles. The molecular formula is C18H18ClNO3S. The molecule has 1 atom stereocenters. The van der Waals surface area contributed by atoms with Crippen molar-refractivity contribution in [2.75, 3.05) is 12.4 Å². The molecule has 126 valence electrons. The molecule has 1 N–H and O–H groups in total. The molecule has 1 aliphatic carbocycles. The number of benzene rings is 1. The predicted molar refractivity (Wildman–Crippen MR) is 96.3 cm³/mol. The molecule has 1 aromatic carbocycles. The first kappa shape index (κ1) is 17.0. The average Bonchev–Trinajstić information content (AvgIpc) is 2.90. The summed E-state index contributed by atoms with van der Waals surface area (Å²) in [5, 5.41) is 3.92. The number of hydrogen-bond donors (Lipinski definition) is 1. The highest BCUT2D eigenvalue weighted by molar-refractivity contribution is 7.17. The van der Waals surface area contributed by atoms with Crippen LogP contribution in [0.2, 0.25) is 5.02 Å². The van der Waals surface area contributed by atoms with Crippen molar-refractivity contribution in [3.8, 4) is 0 Å². The second kappa shape index (κ2) is 6.95. The van der Waals surface area contributed by atoms with Crippen LogP contribution >= 0.6 is 22.9 Å². The monoisotopic (exact) mass is 363 g/mol. The van der Waals surface area contributed by atoms with Gasteiger partial charge in [0.25, 0.3) is 5.91 Å². The van der Waals surface area contributed by atoms with Crippen molar-refractivity contribution in [3.05, 3.63) is 50.9 Å². The van der Waals surface area contributed by atoms with Crippen LogP contribution in [0.1, 0.15) is 44.5 Å². The van der Waals surface area contributed by atoms with Crippen molar-refractivity contribution in [2.24, 2.45) is 5.92 Å². The van der Waals surface area contributed by atoms with Crippen molar-refractivity contribution in [2.45, 2.75) is 26.2 Å². The Morgan fingerprint density at radius 1 is 1.38 bits per heavy atom. The minimum absolute atomic E-state index is 0.283. The van der Waals surface area contributed by atoms with E-state index < -0.39 is 5.97 Å². The summed E-state index contributed by atoms with van der Waals surface area (Å²) < 4.78 is 4.93. The van der Waals surface area contributed by atoms with Crippen molar-refractivity contribution in [3.63, 3.8) is 0 Å². The molecule has 2 aromatic rings. The number of esters is 1. The van der Waals surface area contributed by atoms with Gasteiger partial charge in [0.2, 0.25) is 0 Å². The summed E-state index contributed by atoms with van der Waals surface area (Å²) in [6.45, 7) is 2.20. The molecule has 0 saturated carbocycles. The Labute approximate surface area is 149 Å². The second-order valence-electron chi connectivity index (χ2n) is 6.01. The number of rotatable bonds is 3. The largest absolute Gasteiger partial charge is 0.465 e. The Bertz CT molecular complexity index is 800. The van der Waals surface area contributed by atoms with Gasteiger partial charge in [-0.1, -0.05) is 24.6 Å². The van der Waals surface area contributed by atoms with Crippen molar-refractivity contribution < 1.29 is 14.3 Å². The quantitative estimate of drug-likeness (QED) is 0.813. The fraction of sp³-hybridized carbons (Fsp3) is 0.333. The maximum atomic E-state index is 12.5. The van der Waals surface area contributed by atoms with E-state index in [1.54, 1.807) is 24.3 Å². The molecule has 4 nitrogen and oxygen atoms in total. The molecule has 0 unspecified atom stereocenters. The van der Waals surface area contributed by atoms with Gasteiger partial charge in [-0.2, -0.15) is 0 Å². The molecule has 0 radical (unpaired) electrons. The first-order chi connectivity index (χ1) is 11.5. The summed E-state index contributed by atoms with van der Waals surface area (Å²) >= 11 is 7.41. The molecule has 3 rings (SSSR count). The van der Waals surface area contributed by atoms with Gasteiger partial charge in [-0.25, -0.2) is 4.79 Å². The molecule has 1 heterocycles. The summed E-state index contributed by atoms with van der Waals surface area (Å²) in [6, 6.07) is 6.72. The van der Waals surface area contributed by atoms with Crippen molar-refractivity contribution >= 4 is 39.8 Å². The van der Waals surface area contributed by atoms with Gasteiger partial charge in [-0.3, -0.25) is 4.79 Å². The molecule has 24 heavy (non-hydrogen) atoms.